The third kappa shape index (κ3) is 10.5. The second kappa shape index (κ2) is 14.9. The van der Waals surface area contributed by atoms with Crippen LogP contribution >= 0.6 is 0 Å². The van der Waals surface area contributed by atoms with Crippen molar-refractivity contribution in [2.75, 3.05) is 13.2 Å². The molecule has 0 aliphatic heterocycles. The Balaban J connectivity index is 1.63. The molecule has 32 heavy (non-hydrogen) atoms. The number of nitrogens with zero attached hydrogens (tertiary/aromatic N) is 2. The molecular formula is C28H44N2O2. The standard InChI is InChI=1S/C28H44N2O2/c1-5-7-12-20-32-26-22-29-27(30-23-26)24-14-16-25(17-15-24)31-21-13-10-9-11-19-28(3,4)18-8-6-2/h14-17,22-23H,5-13,18-21H2,1-4H3. The molecule has 0 saturated carbocycles. The molecule has 0 fully saturated rings. The summed E-state index contributed by atoms with van der Waals surface area (Å²) in [6.07, 6.45) is 17.3. The van der Waals surface area contributed by atoms with Gasteiger partial charge in [0, 0.05) is 5.56 Å². The van der Waals surface area contributed by atoms with Crippen molar-refractivity contribution in [3.05, 3.63) is 36.7 Å². The van der Waals surface area contributed by atoms with Gasteiger partial charge in [-0.2, -0.15) is 0 Å². The fraction of sp³-hybridized carbons (Fsp3) is 0.643. The monoisotopic (exact) mass is 440 g/mol. The highest BCUT2D eigenvalue weighted by molar-refractivity contribution is 5.56. The van der Waals surface area contributed by atoms with Gasteiger partial charge in [-0.05, 0) is 55.4 Å². The predicted molar refractivity (Wildman–Crippen MR) is 134 cm³/mol. The molecule has 4 nitrogen and oxygen atoms in total. The lowest BCUT2D eigenvalue weighted by Gasteiger charge is -2.24. The summed E-state index contributed by atoms with van der Waals surface area (Å²) in [5.74, 6) is 2.35. The maximum Gasteiger partial charge on any atom is 0.159 e. The summed E-state index contributed by atoms with van der Waals surface area (Å²) in [4.78, 5) is 8.88. The Bertz CT molecular complexity index is 726. The topological polar surface area (TPSA) is 44.2 Å². The van der Waals surface area contributed by atoms with Crippen LogP contribution < -0.4 is 9.47 Å². The Labute approximate surface area is 196 Å². The Morgan fingerprint density at radius 3 is 1.88 bits per heavy atom. The maximum atomic E-state index is 5.92. The number of unbranched alkanes of at least 4 members (excludes halogenated alkanes) is 6. The predicted octanol–water partition coefficient (Wildman–Crippen LogP) is 8.26. The highest BCUT2D eigenvalue weighted by Gasteiger charge is 2.16. The molecule has 1 aromatic heterocycles. The van der Waals surface area contributed by atoms with Crippen molar-refractivity contribution in [3.63, 3.8) is 0 Å². The summed E-state index contributed by atoms with van der Waals surface area (Å²) in [6, 6.07) is 8.05. The zero-order valence-electron chi connectivity index (χ0n) is 20.9. The van der Waals surface area contributed by atoms with Gasteiger partial charge in [-0.25, -0.2) is 9.97 Å². The van der Waals surface area contributed by atoms with Gasteiger partial charge in [0.2, 0.25) is 0 Å². The zero-order valence-corrected chi connectivity index (χ0v) is 20.9. The van der Waals surface area contributed by atoms with E-state index in [4.69, 9.17) is 9.47 Å². The van der Waals surface area contributed by atoms with Gasteiger partial charge in [0.05, 0.1) is 25.6 Å². The molecule has 0 unspecified atom stereocenters. The number of benzene rings is 1. The van der Waals surface area contributed by atoms with Gasteiger partial charge in [0.15, 0.2) is 11.6 Å². The highest BCUT2D eigenvalue weighted by atomic mass is 16.5. The smallest absolute Gasteiger partial charge is 0.159 e. The molecule has 4 heteroatoms. The lowest BCUT2D eigenvalue weighted by Crippen LogP contribution is -2.10. The molecule has 0 atom stereocenters. The quantitative estimate of drug-likeness (QED) is 0.232. The van der Waals surface area contributed by atoms with E-state index in [0.29, 0.717) is 11.2 Å². The van der Waals surface area contributed by atoms with Gasteiger partial charge >= 0.3 is 0 Å². The molecule has 0 spiro atoms. The molecule has 1 heterocycles. The Morgan fingerprint density at radius 2 is 1.22 bits per heavy atom. The minimum Gasteiger partial charge on any atom is -0.494 e. The Morgan fingerprint density at radius 1 is 0.656 bits per heavy atom. The Kier molecular flexibility index (Phi) is 12.2. The van der Waals surface area contributed by atoms with Crippen LogP contribution in [0.3, 0.4) is 0 Å². The van der Waals surface area contributed by atoms with Gasteiger partial charge in [0.25, 0.3) is 0 Å². The van der Waals surface area contributed by atoms with Crippen molar-refractivity contribution in [2.24, 2.45) is 5.41 Å². The van der Waals surface area contributed by atoms with E-state index in [9.17, 15) is 0 Å². The van der Waals surface area contributed by atoms with Crippen molar-refractivity contribution in [1.82, 2.24) is 9.97 Å². The van der Waals surface area contributed by atoms with Gasteiger partial charge in [-0.3, -0.25) is 0 Å². The van der Waals surface area contributed by atoms with Crippen LogP contribution in [-0.4, -0.2) is 23.2 Å². The zero-order chi connectivity index (χ0) is 23.1. The number of aromatic nitrogens is 2. The first-order chi connectivity index (χ1) is 15.5. The van der Waals surface area contributed by atoms with E-state index >= 15 is 0 Å². The molecule has 178 valence electrons. The van der Waals surface area contributed by atoms with E-state index in [0.717, 1.165) is 43.1 Å². The normalized spacial score (nSPS) is 11.5. The van der Waals surface area contributed by atoms with Gasteiger partial charge < -0.3 is 9.47 Å². The van der Waals surface area contributed by atoms with E-state index in [2.05, 4.69) is 37.7 Å². The number of hydrogen-bond donors (Lipinski definition) is 0. The van der Waals surface area contributed by atoms with E-state index in [1.165, 1.54) is 57.8 Å². The van der Waals surface area contributed by atoms with Crippen LogP contribution in [0.25, 0.3) is 11.4 Å². The maximum absolute atomic E-state index is 5.92. The van der Waals surface area contributed by atoms with Crippen LogP contribution in [0.2, 0.25) is 0 Å². The Hall–Kier alpha value is -2.10. The fourth-order valence-electron chi connectivity index (χ4n) is 3.81. The third-order valence-electron chi connectivity index (χ3n) is 5.98. The summed E-state index contributed by atoms with van der Waals surface area (Å²) >= 11 is 0. The lowest BCUT2D eigenvalue weighted by atomic mass is 9.82. The molecule has 0 radical (unpaired) electrons. The van der Waals surface area contributed by atoms with Crippen molar-refractivity contribution in [1.29, 1.82) is 0 Å². The van der Waals surface area contributed by atoms with Crippen LogP contribution in [-0.2, 0) is 0 Å². The largest absolute Gasteiger partial charge is 0.494 e. The number of ether oxygens (including phenoxy) is 2. The second-order valence-electron chi connectivity index (χ2n) is 9.60. The van der Waals surface area contributed by atoms with Crippen molar-refractivity contribution in [3.8, 4) is 22.9 Å². The van der Waals surface area contributed by atoms with Crippen LogP contribution in [0.15, 0.2) is 36.7 Å². The first-order valence-electron chi connectivity index (χ1n) is 12.7. The summed E-state index contributed by atoms with van der Waals surface area (Å²) < 4.78 is 11.6. The van der Waals surface area contributed by atoms with Gasteiger partial charge in [-0.15, -0.1) is 0 Å². The summed E-state index contributed by atoms with van der Waals surface area (Å²) in [5, 5.41) is 0. The number of rotatable bonds is 17. The molecule has 1 aromatic carbocycles. The van der Waals surface area contributed by atoms with E-state index < -0.39 is 0 Å². The lowest BCUT2D eigenvalue weighted by molar-refractivity contribution is 0.277. The number of hydrogen-bond acceptors (Lipinski definition) is 4. The highest BCUT2D eigenvalue weighted by Crippen LogP contribution is 2.30. The van der Waals surface area contributed by atoms with Crippen molar-refractivity contribution >= 4 is 0 Å². The van der Waals surface area contributed by atoms with E-state index in [1.54, 1.807) is 12.4 Å². The minimum absolute atomic E-state index is 0.500. The van der Waals surface area contributed by atoms with E-state index in [-0.39, 0.29) is 0 Å². The van der Waals surface area contributed by atoms with E-state index in [1.807, 2.05) is 24.3 Å². The van der Waals surface area contributed by atoms with Gasteiger partial charge in [-0.1, -0.05) is 72.6 Å². The fourth-order valence-corrected chi connectivity index (χ4v) is 3.81. The minimum atomic E-state index is 0.500. The average Bonchev–Trinajstić information content (AvgIpc) is 2.81. The van der Waals surface area contributed by atoms with Gasteiger partial charge in [0.1, 0.15) is 5.75 Å². The molecular weight excluding hydrogens is 396 g/mol. The molecule has 0 aliphatic rings. The molecule has 2 rings (SSSR count). The SMILES string of the molecule is CCCCCOc1cnc(-c2ccc(OCCCCCCC(C)(C)CCCC)cc2)nc1. The second-order valence-corrected chi connectivity index (χ2v) is 9.60. The van der Waals surface area contributed by atoms with Crippen molar-refractivity contribution in [2.45, 2.75) is 98.3 Å². The molecule has 0 saturated heterocycles. The first-order valence-corrected chi connectivity index (χ1v) is 12.7. The molecule has 0 bridgehead atoms. The molecule has 0 N–H and O–H groups in total. The summed E-state index contributed by atoms with van der Waals surface area (Å²) in [7, 11) is 0. The van der Waals surface area contributed by atoms with Crippen molar-refractivity contribution < 1.29 is 9.47 Å². The molecule has 2 aromatic rings. The van der Waals surface area contributed by atoms with Crippen LogP contribution in [0.4, 0.5) is 0 Å². The summed E-state index contributed by atoms with van der Waals surface area (Å²) in [5.41, 5.74) is 1.49. The van der Waals surface area contributed by atoms with Crippen LogP contribution in [0, 0.1) is 5.41 Å². The molecule has 0 amide bonds. The van der Waals surface area contributed by atoms with Crippen LogP contribution in [0.5, 0.6) is 11.5 Å². The summed E-state index contributed by atoms with van der Waals surface area (Å²) in [6.45, 7) is 10.8. The molecule has 0 aliphatic carbocycles. The van der Waals surface area contributed by atoms with Crippen LogP contribution in [0.1, 0.15) is 98.3 Å². The third-order valence-corrected chi connectivity index (χ3v) is 5.98. The first kappa shape index (κ1) is 26.2. The average molecular weight is 441 g/mol.